The SMILES string of the molecule is CN(Cc1nccn1C)c1ccc(CN)c2ccccc12. The fourth-order valence-corrected chi connectivity index (χ4v) is 2.70. The zero-order valence-electron chi connectivity index (χ0n) is 12.5. The van der Waals surface area contributed by atoms with Gasteiger partial charge in [0.05, 0.1) is 6.54 Å². The number of hydrogen-bond acceptors (Lipinski definition) is 3. The minimum atomic E-state index is 0.559. The van der Waals surface area contributed by atoms with Crippen LogP contribution in [0, 0.1) is 0 Å². The van der Waals surface area contributed by atoms with Gasteiger partial charge in [-0.15, -0.1) is 0 Å². The number of rotatable bonds is 4. The molecule has 0 bridgehead atoms. The van der Waals surface area contributed by atoms with Crippen LogP contribution in [0.1, 0.15) is 11.4 Å². The molecular formula is C17H20N4. The number of fused-ring (bicyclic) bond motifs is 1. The standard InChI is InChI=1S/C17H20N4/c1-20-10-9-19-17(20)12-21(2)16-8-7-13(11-18)14-5-3-4-6-15(14)16/h3-10H,11-12,18H2,1-2H3. The van der Waals surface area contributed by atoms with E-state index in [-0.39, 0.29) is 0 Å². The number of nitrogens with two attached hydrogens (primary N) is 1. The van der Waals surface area contributed by atoms with Gasteiger partial charge in [0.25, 0.3) is 0 Å². The third kappa shape index (κ3) is 2.50. The first-order valence-electron chi connectivity index (χ1n) is 7.08. The highest BCUT2D eigenvalue weighted by molar-refractivity contribution is 5.96. The van der Waals surface area contributed by atoms with E-state index in [2.05, 4.69) is 53.3 Å². The predicted octanol–water partition coefficient (Wildman–Crippen LogP) is 2.67. The summed E-state index contributed by atoms with van der Waals surface area (Å²) in [4.78, 5) is 6.62. The molecule has 0 unspecified atom stereocenters. The molecule has 0 atom stereocenters. The van der Waals surface area contributed by atoms with Crippen molar-refractivity contribution in [2.75, 3.05) is 11.9 Å². The van der Waals surface area contributed by atoms with E-state index in [4.69, 9.17) is 5.73 Å². The normalized spacial score (nSPS) is 11.0. The maximum atomic E-state index is 5.84. The van der Waals surface area contributed by atoms with Crippen LogP contribution < -0.4 is 10.6 Å². The van der Waals surface area contributed by atoms with Crippen LogP contribution in [0.4, 0.5) is 5.69 Å². The van der Waals surface area contributed by atoms with Crippen molar-refractivity contribution < 1.29 is 0 Å². The lowest BCUT2D eigenvalue weighted by molar-refractivity contribution is 0.763. The summed E-state index contributed by atoms with van der Waals surface area (Å²) >= 11 is 0. The maximum Gasteiger partial charge on any atom is 0.127 e. The summed E-state index contributed by atoms with van der Waals surface area (Å²) in [6, 6.07) is 12.7. The Morgan fingerprint density at radius 2 is 1.90 bits per heavy atom. The van der Waals surface area contributed by atoms with Crippen molar-refractivity contribution in [3.63, 3.8) is 0 Å². The lowest BCUT2D eigenvalue weighted by Crippen LogP contribution is -2.19. The Hall–Kier alpha value is -2.33. The minimum Gasteiger partial charge on any atom is -0.367 e. The van der Waals surface area contributed by atoms with E-state index in [1.54, 1.807) is 0 Å². The van der Waals surface area contributed by atoms with Gasteiger partial charge in [0.2, 0.25) is 0 Å². The molecule has 1 heterocycles. The Labute approximate surface area is 124 Å². The molecule has 3 rings (SSSR count). The number of aromatic nitrogens is 2. The smallest absolute Gasteiger partial charge is 0.127 e. The topological polar surface area (TPSA) is 47.1 Å². The highest BCUT2D eigenvalue weighted by Gasteiger charge is 2.10. The molecule has 2 aromatic carbocycles. The molecular weight excluding hydrogens is 260 g/mol. The van der Waals surface area contributed by atoms with Gasteiger partial charge in [-0.2, -0.15) is 0 Å². The van der Waals surface area contributed by atoms with E-state index in [0.717, 1.165) is 12.4 Å². The molecule has 1 aromatic heterocycles. The van der Waals surface area contributed by atoms with Crippen LogP contribution in [-0.4, -0.2) is 16.6 Å². The Bertz CT molecular complexity index is 760. The zero-order chi connectivity index (χ0) is 14.8. The van der Waals surface area contributed by atoms with Gasteiger partial charge in [0.1, 0.15) is 5.82 Å². The Balaban J connectivity index is 2.02. The molecule has 3 aromatic rings. The van der Waals surface area contributed by atoms with E-state index >= 15 is 0 Å². The van der Waals surface area contributed by atoms with Crippen LogP contribution in [0.3, 0.4) is 0 Å². The molecule has 4 heteroatoms. The Kier molecular flexibility index (Phi) is 3.62. The van der Waals surface area contributed by atoms with Gasteiger partial charge in [0, 0.05) is 44.1 Å². The molecule has 0 aliphatic carbocycles. The van der Waals surface area contributed by atoms with Crippen LogP contribution in [0.15, 0.2) is 48.8 Å². The molecule has 0 aliphatic rings. The maximum absolute atomic E-state index is 5.84. The molecule has 0 spiro atoms. The fraction of sp³-hybridized carbons (Fsp3) is 0.235. The summed E-state index contributed by atoms with van der Waals surface area (Å²) in [5, 5.41) is 2.46. The van der Waals surface area contributed by atoms with Crippen molar-refractivity contribution in [1.82, 2.24) is 9.55 Å². The van der Waals surface area contributed by atoms with E-state index < -0.39 is 0 Å². The summed E-state index contributed by atoms with van der Waals surface area (Å²) in [6.07, 6.45) is 3.80. The van der Waals surface area contributed by atoms with Crippen molar-refractivity contribution >= 4 is 16.5 Å². The van der Waals surface area contributed by atoms with Crippen molar-refractivity contribution in [3.8, 4) is 0 Å². The van der Waals surface area contributed by atoms with Crippen molar-refractivity contribution in [2.45, 2.75) is 13.1 Å². The second kappa shape index (κ2) is 5.58. The second-order valence-electron chi connectivity index (χ2n) is 5.30. The largest absolute Gasteiger partial charge is 0.367 e. The van der Waals surface area contributed by atoms with Gasteiger partial charge < -0.3 is 15.2 Å². The molecule has 0 aliphatic heterocycles. The number of anilines is 1. The summed E-state index contributed by atoms with van der Waals surface area (Å²) in [5.41, 5.74) is 8.22. The molecule has 21 heavy (non-hydrogen) atoms. The fourth-order valence-electron chi connectivity index (χ4n) is 2.70. The van der Waals surface area contributed by atoms with Crippen LogP contribution in [-0.2, 0) is 20.1 Å². The zero-order valence-corrected chi connectivity index (χ0v) is 12.5. The van der Waals surface area contributed by atoms with Crippen LogP contribution in [0.5, 0.6) is 0 Å². The Morgan fingerprint density at radius 3 is 2.57 bits per heavy atom. The molecule has 108 valence electrons. The van der Waals surface area contributed by atoms with Crippen molar-refractivity contribution in [3.05, 3.63) is 60.2 Å². The summed E-state index contributed by atoms with van der Waals surface area (Å²) < 4.78 is 2.05. The quantitative estimate of drug-likeness (QED) is 0.799. The molecule has 2 N–H and O–H groups in total. The number of benzene rings is 2. The number of imidazole rings is 1. The molecule has 0 amide bonds. The first-order chi connectivity index (χ1) is 10.2. The number of hydrogen-bond donors (Lipinski definition) is 1. The molecule has 0 saturated heterocycles. The Morgan fingerprint density at radius 1 is 1.14 bits per heavy atom. The average molecular weight is 280 g/mol. The third-order valence-corrected chi connectivity index (χ3v) is 3.92. The van der Waals surface area contributed by atoms with E-state index in [0.29, 0.717) is 6.54 Å². The van der Waals surface area contributed by atoms with Gasteiger partial charge in [-0.3, -0.25) is 0 Å². The van der Waals surface area contributed by atoms with E-state index in [9.17, 15) is 0 Å². The molecule has 0 fully saturated rings. The van der Waals surface area contributed by atoms with Gasteiger partial charge in [-0.1, -0.05) is 30.3 Å². The highest BCUT2D eigenvalue weighted by Crippen LogP contribution is 2.29. The molecule has 0 radical (unpaired) electrons. The third-order valence-electron chi connectivity index (χ3n) is 3.92. The van der Waals surface area contributed by atoms with E-state index in [1.807, 2.05) is 24.0 Å². The van der Waals surface area contributed by atoms with Gasteiger partial charge >= 0.3 is 0 Å². The molecule has 4 nitrogen and oxygen atoms in total. The lowest BCUT2D eigenvalue weighted by Gasteiger charge is -2.22. The van der Waals surface area contributed by atoms with Crippen molar-refractivity contribution in [2.24, 2.45) is 12.8 Å². The van der Waals surface area contributed by atoms with E-state index in [1.165, 1.54) is 22.0 Å². The highest BCUT2D eigenvalue weighted by atomic mass is 15.2. The number of nitrogens with zero attached hydrogens (tertiary/aromatic N) is 3. The molecule has 0 saturated carbocycles. The summed E-state index contributed by atoms with van der Waals surface area (Å²) in [7, 11) is 4.12. The predicted molar refractivity (Wildman–Crippen MR) is 87.2 cm³/mol. The van der Waals surface area contributed by atoms with Gasteiger partial charge in [0.15, 0.2) is 0 Å². The van der Waals surface area contributed by atoms with Crippen LogP contribution >= 0.6 is 0 Å². The van der Waals surface area contributed by atoms with Gasteiger partial charge in [-0.25, -0.2) is 4.98 Å². The first kappa shape index (κ1) is 13.6. The van der Waals surface area contributed by atoms with Crippen molar-refractivity contribution in [1.29, 1.82) is 0 Å². The summed E-state index contributed by atoms with van der Waals surface area (Å²) in [6.45, 7) is 1.33. The summed E-state index contributed by atoms with van der Waals surface area (Å²) in [5.74, 6) is 1.05. The average Bonchev–Trinajstić information content (AvgIpc) is 2.91. The monoisotopic (exact) mass is 280 g/mol. The number of aryl methyl sites for hydroxylation is 1. The second-order valence-corrected chi connectivity index (χ2v) is 5.30. The minimum absolute atomic E-state index is 0.559. The lowest BCUT2D eigenvalue weighted by atomic mass is 10.0. The van der Waals surface area contributed by atoms with Gasteiger partial charge in [-0.05, 0) is 17.0 Å². The van der Waals surface area contributed by atoms with Crippen LogP contribution in [0.2, 0.25) is 0 Å². The van der Waals surface area contributed by atoms with Crippen LogP contribution in [0.25, 0.3) is 10.8 Å². The first-order valence-corrected chi connectivity index (χ1v) is 7.08.